The Balaban J connectivity index is 1.94. The zero-order valence-electron chi connectivity index (χ0n) is 11.7. The minimum absolute atomic E-state index is 0.149. The highest BCUT2D eigenvalue weighted by atomic mass is 35.5. The highest BCUT2D eigenvalue weighted by Crippen LogP contribution is 2.17. The minimum Gasteiger partial charge on any atom is -0.384 e. The number of benzene rings is 1. The number of halogens is 1. The highest BCUT2D eigenvalue weighted by Gasteiger charge is 2.15. The van der Waals surface area contributed by atoms with Crippen molar-refractivity contribution in [3.8, 4) is 11.8 Å². The van der Waals surface area contributed by atoms with Gasteiger partial charge in [0.15, 0.2) is 0 Å². The van der Waals surface area contributed by atoms with Crippen molar-refractivity contribution in [1.29, 1.82) is 0 Å². The van der Waals surface area contributed by atoms with Crippen LogP contribution in [0.4, 0.5) is 0 Å². The largest absolute Gasteiger partial charge is 0.384 e. The topological polar surface area (TPSA) is 58.6 Å². The molecule has 0 spiro atoms. The van der Waals surface area contributed by atoms with Crippen molar-refractivity contribution in [3.63, 3.8) is 0 Å². The van der Waals surface area contributed by atoms with Crippen LogP contribution in [0.2, 0.25) is 5.02 Å². The summed E-state index contributed by atoms with van der Waals surface area (Å²) in [5.41, 5.74) is 1.11. The standard InChI is InChI=1S/C16H18ClNO3/c17-15-9-14(6-5-13(15)4-1-7-19)16(20)18-10-12-3-2-8-21-11-12/h5-6,9,12,19H,2-3,7-8,10-11H2,(H,18,20). The molecule has 4 nitrogen and oxygen atoms in total. The number of nitrogens with one attached hydrogen (secondary N) is 1. The van der Waals surface area contributed by atoms with Crippen molar-refractivity contribution in [3.05, 3.63) is 34.3 Å². The lowest BCUT2D eigenvalue weighted by Gasteiger charge is -2.22. The Labute approximate surface area is 129 Å². The van der Waals surface area contributed by atoms with Crippen LogP contribution in [-0.4, -0.2) is 37.4 Å². The fourth-order valence-electron chi connectivity index (χ4n) is 2.20. The lowest BCUT2D eigenvalue weighted by molar-refractivity contribution is 0.0536. The maximum atomic E-state index is 12.1. The Morgan fingerprint density at radius 1 is 1.52 bits per heavy atom. The van der Waals surface area contributed by atoms with Gasteiger partial charge in [0.2, 0.25) is 0 Å². The molecule has 1 amide bonds. The molecule has 5 heteroatoms. The predicted molar refractivity (Wildman–Crippen MR) is 81.3 cm³/mol. The number of amides is 1. The number of carbonyl (C=O) groups is 1. The fraction of sp³-hybridized carbons (Fsp3) is 0.438. The molecule has 0 aliphatic carbocycles. The first kappa shape index (κ1) is 15.8. The van der Waals surface area contributed by atoms with E-state index in [4.69, 9.17) is 21.4 Å². The quantitative estimate of drug-likeness (QED) is 0.838. The summed E-state index contributed by atoms with van der Waals surface area (Å²) in [5.74, 6) is 5.49. The van der Waals surface area contributed by atoms with Gasteiger partial charge in [-0.25, -0.2) is 0 Å². The predicted octanol–water partition coefficient (Wildman–Crippen LogP) is 1.84. The average Bonchev–Trinajstić information content (AvgIpc) is 2.52. The van der Waals surface area contributed by atoms with E-state index in [0.29, 0.717) is 35.2 Å². The Morgan fingerprint density at radius 3 is 3.05 bits per heavy atom. The molecular weight excluding hydrogens is 290 g/mol. The van der Waals surface area contributed by atoms with Crippen molar-refractivity contribution < 1.29 is 14.6 Å². The van der Waals surface area contributed by atoms with E-state index >= 15 is 0 Å². The molecule has 1 atom stereocenters. The molecule has 0 saturated carbocycles. The third-order valence-corrected chi connectivity index (χ3v) is 3.65. The number of rotatable bonds is 3. The molecule has 0 radical (unpaired) electrons. The van der Waals surface area contributed by atoms with Gasteiger partial charge in [0, 0.05) is 24.3 Å². The second-order valence-corrected chi connectivity index (χ2v) is 5.35. The molecule has 2 N–H and O–H groups in total. The smallest absolute Gasteiger partial charge is 0.251 e. The van der Waals surface area contributed by atoms with E-state index in [1.165, 1.54) is 0 Å². The molecule has 1 aliphatic heterocycles. The van der Waals surface area contributed by atoms with E-state index in [1.54, 1.807) is 18.2 Å². The monoisotopic (exact) mass is 307 g/mol. The number of hydrogen-bond acceptors (Lipinski definition) is 3. The lowest BCUT2D eigenvalue weighted by atomic mass is 10.0. The molecule has 0 bridgehead atoms. The molecule has 0 aromatic heterocycles. The van der Waals surface area contributed by atoms with Gasteiger partial charge in [-0.15, -0.1) is 0 Å². The van der Waals surface area contributed by atoms with Crippen LogP contribution in [0.3, 0.4) is 0 Å². The van der Waals surface area contributed by atoms with Crippen LogP contribution in [0.5, 0.6) is 0 Å². The second kappa shape index (κ2) is 8.04. The zero-order valence-corrected chi connectivity index (χ0v) is 12.4. The summed E-state index contributed by atoms with van der Waals surface area (Å²) in [4.78, 5) is 12.1. The van der Waals surface area contributed by atoms with Crippen molar-refractivity contribution >= 4 is 17.5 Å². The van der Waals surface area contributed by atoms with Gasteiger partial charge in [-0.3, -0.25) is 4.79 Å². The van der Waals surface area contributed by atoms with Crippen LogP contribution in [0.15, 0.2) is 18.2 Å². The van der Waals surface area contributed by atoms with Gasteiger partial charge in [0.25, 0.3) is 5.91 Å². The Morgan fingerprint density at radius 2 is 2.38 bits per heavy atom. The van der Waals surface area contributed by atoms with E-state index in [9.17, 15) is 4.79 Å². The Hall–Kier alpha value is -1.54. The Bertz CT molecular complexity index is 556. The molecule has 2 rings (SSSR count). The number of aliphatic hydroxyl groups excluding tert-OH is 1. The SMILES string of the molecule is O=C(NCC1CCCOC1)c1ccc(C#CCO)c(Cl)c1. The number of aliphatic hydroxyl groups is 1. The summed E-state index contributed by atoms with van der Waals surface area (Å²) in [6.45, 7) is 1.91. The van der Waals surface area contributed by atoms with Crippen LogP contribution < -0.4 is 5.32 Å². The molecule has 21 heavy (non-hydrogen) atoms. The van der Waals surface area contributed by atoms with Crippen molar-refractivity contribution in [2.75, 3.05) is 26.4 Å². The van der Waals surface area contributed by atoms with Crippen LogP contribution in [0.1, 0.15) is 28.8 Å². The van der Waals surface area contributed by atoms with Crippen LogP contribution in [-0.2, 0) is 4.74 Å². The molecule has 1 fully saturated rings. The van der Waals surface area contributed by atoms with Crippen LogP contribution >= 0.6 is 11.6 Å². The van der Waals surface area contributed by atoms with Gasteiger partial charge in [-0.2, -0.15) is 0 Å². The van der Waals surface area contributed by atoms with E-state index in [1.807, 2.05) is 0 Å². The third kappa shape index (κ3) is 4.75. The minimum atomic E-state index is -0.220. The molecule has 1 aromatic rings. The first-order valence-electron chi connectivity index (χ1n) is 6.96. The summed E-state index contributed by atoms with van der Waals surface area (Å²) in [6, 6.07) is 4.96. The van der Waals surface area contributed by atoms with Gasteiger partial charge in [-0.05, 0) is 37.0 Å². The van der Waals surface area contributed by atoms with E-state index < -0.39 is 0 Å². The number of ether oxygens (including phenoxy) is 1. The number of carbonyl (C=O) groups excluding carboxylic acids is 1. The van der Waals surface area contributed by atoms with Crippen LogP contribution in [0, 0.1) is 17.8 Å². The third-order valence-electron chi connectivity index (χ3n) is 3.34. The zero-order chi connectivity index (χ0) is 15.1. The molecule has 1 saturated heterocycles. The normalized spacial score (nSPS) is 17.7. The second-order valence-electron chi connectivity index (χ2n) is 4.95. The van der Waals surface area contributed by atoms with Gasteiger partial charge in [-0.1, -0.05) is 23.4 Å². The molecular formula is C16H18ClNO3. The molecule has 112 valence electrons. The summed E-state index contributed by atoms with van der Waals surface area (Å²) >= 11 is 6.07. The van der Waals surface area contributed by atoms with E-state index in [0.717, 1.165) is 19.4 Å². The van der Waals surface area contributed by atoms with Gasteiger partial charge < -0.3 is 15.2 Å². The van der Waals surface area contributed by atoms with E-state index in [2.05, 4.69) is 17.2 Å². The van der Waals surface area contributed by atoms with Gasteiger partial charge in [0.1, 0.15) is 6.61 Å². The first-order valence-corrected chi connectivity index (χ1v) is 7.33. The number of hydrogen-bond donors (Lipinski definition) is 2. The average molecular weight is 308 g/mol. The summed E-state index contributed by atoms with van der Waals surface area (Å²) < 4.78 is 5.38. The summed E-state index contributed by atoms with van der Waals surface area (Å²) in [6.07, 6.45) is 2.13. The van der Waals surface area contributed by atoms with Gasteiger partial charge in [0.05, 0.1) is 11.6 Å². The van der Waals surface area contributed by atoms with Gasteiger partial charge >= 0.3 is 0 Å². The van der Waals surface area contributed by atoms with Crippen molar-refractivity contribution in [1.82, 2.24) is 5.32 Å². The fourth-order valence-corrected chi connectivity index (χ4v) is 2.43. The molecule has 1 heterocycles. The maximum absolute atomic E-state index is 12.1. The molecule has 1 unspecified atom stereocenters. The molecule has 1 aliphatic rings. The van der Waals surface area contributed by atoms with Crippen LogP contribution in [0.25, 0.3) is 0 Å². The van der Waals surface area contributed by atoms with Crippen molar-refractivity contribution in [2.45, 2.75) is 12.8 Å². The Kier molecular flexibility index (Phi) is 6.06. The summed E-state index contributed by atoms with van der Waals surface area (Å²) in [7, 11) is 0. The highest BCUT2D eigenvalue weighted by molar-refractivity contribution is 6.32. The summed E-state index contributed by atoms with van der Waals surface area (Å²) in [5, 5.41) is 12.0. The van der Waals surface area contributed by atoms with Crippen molar-refractivity contribution in [2.24, 2.45) is 5.92 Å². The lowest BCUT2D eigenvalue weighted by Crippen LogP contribution is -2.33. The first-order chi connectivity index (χ1) is 10.2. The van der Waals surface area contributed by atoms with E-state index in [-0.39, 0.29) is 12.5 Å². The molecule has 1 aromatic carbocycles. The maximum Gasteiger partial charge on any atom is 0.251 e.